The van der Waals surface area contributed by atoms with E-state index in [-0.39, 0.29) is 6.03 Å². The minimum absolute atomic E-state index is 0.324. The first-order valence-corrected chi connectivity index (χ1v) is 6.76. The van der Waals surface area contributed by atoms with Crippen molar-refractivity contribution in [1.82, 2.24) is 20.0 Å². The normalized spacial score (nSPS) is 22.0. The molecule has 0 bridgehead atoms. The zero-order valence-electron chi connectivity index (χ0n) is 11.8. The fourth-order valence-corrected chi connectivity index (χ4v) is 2.75. The Hall–Kier alpha value is -2.05. The largest absolute Gasteiger partial charge is 0.479 e. The highest BCUT2D eigenvalue weighted by molar-refractivity contribution is 5.87. The summed E-state index contributed by atoms with van der Waals surface area (Å²) in [5, 5.41) is 16.2. The second-order valence-electron chi connectivity index (χ2n) is 5.13. The minimum Gasteiger partial charge on any atom is -0.479 e. The SMILES string of the molecule is CCC1(C(=O)O)CCCN1C(=O)NCc1cnn(C)c1. The van der Waals surface area contributed by atoms with E-state index >= 15 is 0 Å². The van der Waals surface area contributed by atoms with E-state index in [0.29, 0.717) is 25.9 Å². The van der Waals surface area contributed by atoms with Gasteiger partial charge < -0.3 is 15.3 Å². The number of carbonyl (C=O) groups excluding carboxylic acids is 1. The number of urea groups is 1. The van der Waals surface area contributed by atoms with Crippen molar-refractivity contribution in [3.05, 3.63) is 18.0 Å². The molecule has 0 saturated carbocycles. The molecule has 0 aliphatic carbocycles. The van der Waals surface area contributed by atoms with E-state index in [0.717, 1.165) is 12.0 Å². The maximum atomic E-state index is 12.2. The average Bonchev–Trinajstić information content (AvgIpc) is 3.02. The third-order valence-corrected chi connectivity index (χ3v) is 3.92. The third kappa shape index (κ3) is 2.48. The van der Waals surface area contributed by atoms with Gasteiger partial charge in [-0.05, 0) is 19.3 Å². The van der Waals surface area contributed by atoms with Crippen molar-refractivity contribution in [3.63, 3.8) is 0 Å². The lowest BCUT2D eigenvalue weighted by Crippen LogP contribution is -2.55. The van der Waals surface area contributed by atoms with Gasteiger partial charge in [-0.3, -0.25) is 4.68 Å². The molecule has 1 aliphatic heterocycles. The molecular weight excluding hydrogens is 260 g/mol. The standard InChI is InChI=1S/C13H20N4O3/c1-3-13(11(18)19)5-4-6-17(13)12(20)14-7-10-8-15-16(2)9-10/h8-9H,3-7H2,1-2H3,(H,14,20)(H,18,19). The first kappa shape index (κ1) is 14.4. The Morgan fingerprint density at radius 2 is 2.30 bits per heavy atom. The quantitative estimate of drug-likeness (QED) is 0.860. The summed E-state index contributed by atoms with van der Waals surface area (Å²) >= 11 is 0. The van der Waals surface area contributed by atoms with Crippen molar-refractivity contribution in [3.8, 4) is 0 Å². The molecule has 1 atom stereocenters. The minimum atomic E-state index is -1.06. The van der Waals surface area contributed by atoms with E-state index in [4.69, 9.17) is 0 Å². The van der Waals surface area contributed by atoms with Crippen molar-refractivity contribution < 1.29 is 14.7 Å². The number of nitrogens with zero attached hydrogens (tertiary/aromatic N) is 3. The molecular formula is C13H20N4O3. The molecule has 7 nitrogen and oxygen atoms in total. The number of likely N-dealkylation sites (tertiary alicyclic amines) is 1. The van der Waals surface area contributed by atoms with Crippen LogP contribution in [0.25, 0.3) is 0 Å². The molecule has 0 aromatic carbocycles. The zero-order chi connectivity index (χ0) is 14.8. The van der Waals surface area contributed by atoms with E-state index in [1.54, 1.807) is 24.9 Å². The van der Waals surface area contributed by atoms with Crippen LogP contribution in [0.15, 0.2) is 12.4 Å². The number of aromatic nitrogens is 2. The molecule has 1 aliphatic rings. The number of carboxylic acids is 1. The molecule has 1 aromatic heterocycles. The number of carboxylic acid groups (broad SMARTS) is 1. The first-order chi connectivity index (χ1) is 9.49. The molecule has 2 rings (SSSR count). The Balaban J connectivity index is 2.02. The van der Waals surface area contributed by atoms with Crippen molar-refractivity contribution >= 4 is 12.0 Å². The molecule has 1 aromatic rings. The van der Waals surface area contributed by atoms with Crippen LogP contribution >= 0.6 is 0 Å². The van der Waals surface area contributed by atoms with Gasteiger partial charge in [-0.1, -0.05) is 6.92 Å². The smallest absolute Gasteiger partial charge is 0.329 e. The lowest BCUT2D eigenvalue weighted by molar-refractivity contribution is -0.148. The number of aliphatic carboxylic acids is 1. The summed E-state index contributed by atoms with van der Waals surface area (Å²) in [4.78, 5) is 25.2. The summed E-state index contributed by atoms with van der Waals surface area (Å²) in [5.74, 6) is -0.922. The van der Waals surface area contributed by atoms with Gasteiger partial charge in [0.1, 0.15) is 5.54 Å². The molecule has 0 radical (unpaired) electrons. The molecule has 2 heterocycles. The molecule has 2 N–H and O–H groups in total. The number of carbonyl (C=O) groups is 2. The van der Waals surface area contributed by atoms with Gasteiger partial charge in [0.15, 0.2) is 0 Å². The Bertz CT molecular complexity index is 513. The number of hydrogen-bond donors (Lipinski definition) is 2. The predicted molar refractivity (Wildman–Crippen MR) is 72.0 cm³/mol. The fourth-order valence-electron chi connectivity index (χ4n) is 2.75. The van der Waals surface area contributed by atoms with E-state index in [9.17, 15) is 14.7 Å². The molecule has 7 heteroatoms. The van der Waals surface area contributed by atoms with Gasteiger partial charge in [0.05, 0.1) is 6.20 Å². The second-order valence-corrected chi connectivity index (χ2v) is 5.13. The van der Waals surface area contributed by atoms with Gasteiger partial charge in [0, 0.05) is 31.9 Å². The molecule has 1 unspecified atom stereocenters. The Labute approximate surface area is 117 Å². The summed E-state index contributed by atoms with van der Waals surface area (Å²) in [6, 6.07) is -0.324. The number of hydrogen-bond acceptors (Lipinski definition) is 3. The van der Waals surface area contributed by atoms with E-state index in [2.05, 4.69) is 10.4 Å². The Morgan fingerprint density at radius 3 is 2.85 bits per heavy atom. The number of amides is 2. The van der Waals surface area contributed by atoms with Crippen LogP contribution in [0.2, 0.25) is 0 Å². The monoisotopic (exact) mass is 280 g/mol. The van der Waals surface area contributed by atoms with E-state index in [1.807, 2.05) is 6.20 Å². The number of nitrogens with one attached hydrogen (secondary N) is 1. The van der Waals surface area contributed by atoms with Gasteiger partial charge in [0.25, 0.3) is 0 Å². The zero-order valence-corrected chi connectivity index (χ0v) is 11.8. The highest BCUT2D eigenvalue weighted by Gasteiger charge is 2.48. The van der Waals surface area contributed by atoms with E-state index in [1.165, 1.54) is 4.90 Å². The summed E-state index contributed by atoms with van der Waals surface area (Å²) in [6.07, 6.45) is 5.14. The van der Waals surface area contributed by atoms with Crippen LogP contribution < -0.4 is 5.32 Å². The van der Waals surface area contributed by atoms with Gasteiger partial charge in [-0.2, -0.15) is 5.10 Å². The molecule has 0 spiro atoms. The van der Waals surface area contributed by atoms with Crippen LogP contribution in [-0.2, 0) is 18.4 Å². The van der Waals surface area contributed by atoms with Crippen molar-refractivity contribution in [2.24, 2.45) is 7.05 Å². The Kier molecular flexibility index (Phi) is 3.96. The van der Waals surface area contributed by atoms with Gasteiger partial charge in [-0.25, -0.2) is 9.59 Å². The summed E-state index contributed by atoms with van der Waals surface area (Å²) in [6.45, 7) is 2.64. The molecule has 2 amide bonds. The fraction of sp³-hybridized carbons (Fsp3) is 0.615. The Morgan fingerprint density at radius 1 is 1.55 bits per heavy atom. The lowest BCUT2D eigenvalue weighted by Gasteiger charge is -2.33. The van der Waals surface area contributed by atoms with Crippen LogP contribution in [0.3, 0.4) is 0 Å². The lowest BCUT2D eigenvalue weighted by atomic mass is 9.93. The maximum Gasteiger partial charge on any atom is 0.329 e. The topological polar surface area (TPSA) is 87.5 Å². The average molecular weight is 280 g/mol. The second kappa shape index (κ2) is 5.52. The van der Waals surface area contributed by atoms with Crippen LogP contribution in [0.5, 0.6) is 0 Å². The van der Waals surface area contributed by atoms with Crippen LogP contribution in [0.4, 0.5) is 4.79 Å². The number of rotatable bonds is 4. The predicted octanol–water partition coefficient (Wildman–Crippen LogP) is 0.959. The van der Waals surface area contributed by atoms with Crippen molar-refractivity contribution in [2.75, 3.05) is 6.54 Å². The molecule has 1 saturated heterocycles. The third-order valence-electron chi connectivity index (χ3n) is 3.92. The highest BCUT2D eigenvalue weighted by Crippen LogP contribution is 2.32. The first-order valence-electron chi connectivity index (χ1n) is 6.76. The van der Waals surface area contributed by atoms with Crippen LogP contribution in [0.1, 0.15) is 31.7 Å². The van der Waals surface area contributed by atoms with Gasteiger partial charge in [0.2, 0.25) is 0 Å². The number of aryl methyl sites for hydroxylation is 1. The van der Waals surface area contributed by atoms with Crippen LogP contribution in [0, 0.1) is 0 Å². The molecule has 1 fully saturated rings. The van der Waals surface area contributed by atoms with Crippen molar-refractivity contribution in [1.29, 1.82) is 0 Å². The summed E-state index contributed by atoms with van der Waals surface area (Å²) in [7, 11) is 1.80. The van der Waals surface area contributed by atoms with Gasteiger partial charge in [-0.15, -0.1) is 0 Å². The molecule has 110 valence electrons. The molecule has 20 heavy (non-hydrogen) atoms. The highest BCUT2D eigenvalue weighted by atomic mass is 16.4. The van der Waals surface area contributed by atoms with Crippen molar-refractivity contribution in [2.45, 2.75) is 38.3 Å². The van der Waals surface area contributed by atoms with Gasteiger partial charge >= 0.3 is 12.0 Å². The van der Waals surface area contributed by atoms with E-state index < -0.39 is 11.5 Å². The summed E-state index contributed by atoms with van der Waals surface area (Å²) in [5.41, 5.74) is -0.170. The maximum absolute atomic E-state index is 12.2. The van der Waals surface area contributed by atoms with Crippen LogP contribution in [-0.4, -0.2) is 43.9 Å². The summed E-state index contributed by atoms with van der Waals surface area (Å²) < 4.78 is 1.66.